The van der Waals surface area contributed by atoms with Crippen LogP contribution in [0.1, 0.15) is 29.5 Å². The summed E-state index contributed by atoms with van der Waals surface area (Å²) < 4.78 is 0. The van der Waals surface area contributed by atoms with Gasteiger partial charge in [-0.15, -0.1) is 12.4 Å². The first-order valence-electron chi connectivity index (χ1n) is 7.94. The Labute approximate surface area is 139 Å². The van der Waals surface area contributed by atoms with Crippen LogP contribution < -0.4 is 10.6 Å². The summed E-state index contributed by atoms with van der Waals surface area (Å²) >= 11 is 0. The number of halogens is 1. The summed E-state index contributed by atoms with van der Waals surface area (Å²) in [5.41, 5.74) is 5.64. The SMILES string of the molecule is C[C@@H]1CNCCc2ccc(NCCc3ccccc3)cc21.Cl. The third kappa shape index (κ3) is 4.25. The Kier molecular flexibility index (Phi) is 6.29. The lowest BCUT2D eigenvalue weighted by Crippen LogP contribution is -2.18. The molecule has 2 aromatic carbocycles. The smallest absolute Gasteiger partial charge is 0.0343 e. The van der Waals surface area contributed by atoms with E-state index >= 15 is 0 Å². The standard InChI is InChI=1S/C19H24N2.ClH/c1-15-14-20-11-10-17-7-8-18(13-19(15)17)21-12-9-16-5-3-2-4-6-16;/h2-8,13,15,20-21H,9-12,14H2,1H3;1H/t15-;/m1./s1. The third-order valence-electron chi connectivity index (χ3n) is 4.28. The van der Waals surface area contributed by atoms with E-state index in [4.69, 9.17) is 0 Å². The van der Waals surface area contributed by atoms with Crippen molar-refractivity contribution in [3.8, 4) is 0 Å². The zero-order valence-corrected chi connectivity index (χ0v) is 14.0. The van der Waals surface area contributed by atoms with E-state index in [0.717, 1.165) is 32.5 Å². The molecule has 0 spiro atoms. The Hall–Kier alpha value is -1.51. The average molecular weight is 317 g/mol. The van der Waals surface area contributed by atoms with E-state index in [1.165, 1.54) is 22.4 Å². The van der Waals surface area contributed by atoms with Crippen molar-refractivity contribution in [3.05, 3.63) is 65.2 Å². The number of nitrogens with one attached hydrogen (secondary N) is 2. The Balaban J connectivity index is 0.00000176. The maximum Gasteiger partial charge on any atom is 0.0343 e. The molecule has 0 saturated heterocycles. The lowest BCUT2D eigenvalue weighted by atomic mass is 9.95. The lowest BCUT2D eigenvalue weighted by Gasteiger charge is -2.15. The summed E-state index contributed by atoms with van der Waals surface area (Å²) in [5, 5.41) is 7.07. The molecule has 0 aliphatic carbocycles. The summed E-state index contributed by atoms with van der Waals surface area (Å²) in [7, 11) is 0. The van der Waals surface area contributed by atoms with Crippen LogP contribution in [-0.2, 0) is 12.8 Å². The molecule has 0 radical (unpaired) electrons. The Morgan fingerprint density at radius 1 is 1.14 bits per heavy atom. The summed E-state index contributed by atoms with van der Waals surface area (Å²) in [5.74, 6) is 0.596. The Bertz CT molecular complexity index is 583. The van der Waals surface area contributed by atoms with Gasteiger partial charge in [-0.1, -0.05) is 43.3 Å². The average Bonchev–Trinajstić information content (AvgIpc) is 2.70. The molecule has 0 fully saturated rings. The lowest BCUT2D eigenvalue weighted by molar-refractivity contribution is 0.644. The molecule has 0 amide bonds. The first-order valence-corrected chi connectivity index (χ1v) is 7.94. The molecule has 0 aromatic heterocycles. The molecule has 1 atom stereocenters. The van der Waals surface area contributed by atoms with Crippen LogP contribution in [0.2, 0.25) is 0 Å². The van der Waals surface area contributed by atoms with Gasteiger partial charge in [0.1, 0.15) is 0 Å². The fraction of sp³-hybridized carbons (Fsp3) is 0.368. The monoisotopic (exact) mass is 316 g/mol. The van der Waals surface area contributed by atoms with Crippen LogP contribution in [0, 0.1) is 0 Å². The van der Waals surface area contributed by atoms with Crippen LogP contribution in [-0.4, -0.2) is 19.6 Å². The van der Waals surface area contributed by atoms with Crippen LogP contribution in [0.25, 0.3) is 0 Å². The van der Waals surface area contributed by atoms with E-state index in [2.05, 4.69) is 66.1 Å². The quantitative estimate of drug-likeness (QED) is 0.890. The highest BCUT2D eigenvalue weighted by atomic mass is 35.5. The molecule has 0 saturated carbocycles. The molecule has 3 heteroatoms. The zero-order valence-electron chi connectivity index (χ0n) is 13.1. The molecule has 1 aliphatic rings. The molecule has 1 aliphatic heterocycles. The highest BCUT2D eigenvalue weighted by Gasteiger charge is 2.14. The topological polar surface area (TPSA) is 24.1 Å². The maximum atomic E-state index is 3.56. The number of hydrogen-bond acceptors (Lipinski definition) is 2. The van der Waals surface area contributed by atoms with Gasteiger partial charge in [0.2, 0.25) is 0 Å². The van der Waals surface area contributed by atoms with Gasteiger partial charge in [-0.05, 0) is 54.1 Å². The summed E-state index contributed by atoms with van der Waals surface area (Å²) in [4.78, 5) is 0. The second kappa shape index (κ2) is 8.21. The first kappa shape index (κ1) is 16.9. The Morgan fingerprint density at radius 3 is 2.77 bits per heavy atom. The van der Waals surface area contributed by atoms with E-state index in [0.29, 0.717) is 5.92 Å². The van der Waals surface area contributed by atoms with E-state index < -0.39 is 0 Å². The number of benzene rings is 2. The van der Waals surface area contributed by atoms with Crippen molar-refractivity contribution in [2.45, 2.75) is 25.7 Å². The van der Waals surface area contributed by atoms with Crippen molar-refractivity contribution in [1.82, 2.24) is 5.32 Å². The van der Waals surface area contributed by atoms with Crippen LogP contribution >= 0.6 is 12.4 Å². The molecule has 3 rings (SSSR count). The van der Waals surface area contributed by atoms with Gasteiger partial charge in [0, 0.05) is 18.8 Å². The van der Waals surface area contributed by atoms with Gasteiger partial charge in [0.25, 0.3) is 0 Å². The van der Waals surface area contributed by atoms with E-state index in [-0.39, 0.29) is 12.4 Å². The summed E-state index contributed by atoms with van der Waals surface area (Å²) in [6, 6.07) is 17.5. The van der Waals surface area contributed by atoms with Gasteiger partial charge in [-0.2, -0.15) is 0 Å². The molecule has 2 nitrogen and oxygen atoms in total. The second-order valence-electron chi connectivity index (χ2n) is 5.93. The van der Waals surface area contributed by atoms with Gasteiger partial charge in [0.15, 0.2) is 0 Å². The number of rotatable bonds is 4. The molecule has 0 unspecified atom stereocenters. The second-order valence-corrected chi connectivity index (χ2v) is 5.93. The molecule has 2 N–H and O–H groups in total. The van der Waals surface area contributed by atoms with Crippen molar-refractivity contribution >= 4 is 18.1 Å². The van der Waals surface area contributed by atoms with E-state index in [1.807, 2.05) is 0 Å². The van der Waals surface area contributed by atoms with Gasteiger partial charge < -0.3 is 10.6 Å². The van der Waals surface area contributed by atoms with Gasteiger partial charge in [-0.25, -0.2) is 0 Å². The molecular weight excluding hydrogens is 292 g/mol. The fourth-order valence-corrected chi connectivity index (χ4v) is 3.04. The van der Waals surface area contributed by atoms with Crippen molar-refractivity contribution < 1.29 is 0 Å². The predicted molar refractivity (Wildman–Crippen MR) is 97.3 cm³/mol. The number of anilines is 1. The van der Waals surface area contributed by atoms with Crippen LogP contribution in [0.3, 0.4) is 0 Å². The summed E-state index contributed by atoms with van der Waals surface area (Å²) in [6.45, 7) is 5.47. The normalized spacial score (nSPS) is 17.0. The number of hydrogen-bond donors (Lipinski definition) is 2. The maximum absolute atomic E-state index is 3.56. The molecule has 118 valence electrons. The zero-order chi connectivity index (χ0) is 14.5. The molecular formula is C19H25ClN2. The molecule has 2 aromatic rings. The van der Waals surface area contributed by atoms with Crippen LogP contribution in [0.4, 0.5) is 5.69 Å². The first-order chi connectivity index (χ1) is 10.3. The third-order valence-corrected chi connectivity index (χ3v) is 4.28. The minimum Gasteiger partial charge on any atom is -0.385 e. The van der Waals surface area contributed by atoms with Gasteiger partial charge in [0.05, 0.1) is 0 Å². The van der Waals surface area contributed by atoms with Crippen LogP contribution in [0.5, 0.6) is 0 Å². The van der Waals surface area contributed by atoms with Gasteiger partial charge in [-0.3, -0.25) is 0 Å². The minimum atomic E-state index is 0. The largest absolute Gasteiger partial charge is 0.385 e. The predicted octanol–water partition coefficient (Wildman–Crippen LogP) is 4.01. The summed E-state index contributed by atoms with van der Waals surface area (Å²) in [6.07, 6.45) is 2.21. The molecule has 22 heavy (non-hydrogen) atoms. The fourth-order valence-electron chi connectivity index (χ4n) is 3.04. The van der Waals surface area contributed by atoms with Gasteiger partial charge >= 0.3 is 0 Å². The highest BCUT2D eigenvalue weighted by molar-refractivity contribution is 5.85. The minimum absolute atomic E-state index is 0. The van der Waals surface area contributed by atoms with Crippen LogP contribution in [0.15, 0.2) is 48.5 Å². The number of fused-ring (bicyclic) bond motifs is 1. The van der Waals surface area contributed by atoms with Crippen molar-refractivity contribution in [3.63, 3.8) is 0 Å². The van der Waals surface area contributed by atoms with E-state index in [9.17, 15) is 0 Å². The highest BCUT2D eigenvalue weighted by Crippen LogP contribution is 2.25. The van der Waals surface area contributed by atoms with Crippen molar-refractivity contribution in [2.24, 2.45) is 0 Å². The van der Waals surface area contributed by atoms with Crippen molar-refractivity contribution in [1.29, 1.82) is 0 Å². The van der Waals surface area contributed by atoms with E-state index in [1.54, 1.807) is 0 Å². The molecule has 0 bridgehead atoms. The van der Waals surface area contributed by atoms with Crippen molar-refractivity contribution in [2.75, 3.05) is 25.0 Å². The molecule has 1 heterocycles. The Morgan fingerprint density at radius 2 is 1.95 bits per heavy atom.